The van der Waals surface area contributed by atoms with E-state index >= 15 is 0 Å². The molecule has 0 radical (unpaired) electrons. The van der Waals surface area contributed by atoms with Gasteiger partial charge < -0.3 is 15.5 Å². The molecule has 2 aromatic carbocycles. The van der Waals surface area contributed by atoms with Gasteiger partial charge in [0.05, 0.1) is 17.1 Å². The minimum atomic E-state index is -0.173. The van der Waals surface area contributed by atoms with E-state index in [4.69, 9.17) is 11.6 Å². The topological polar surface area (TPSA) is 56.7 Å². The zero-order chi connectivity index (χ0) is 19.1. The number of carbonyl (C=O) groups excluding carboxylic acids is 1. The number of fused-ring (bicyclic) bond motifs is 1. The van der Waals surface area contributed by atoms with Crippen LogP contribution in [0.25, 0.3) is 0 Å². The highest BCUT2D eigenvalue weighted by atomic mass is 127. The molecule has 0 aliphatic carbocycles. The summed E-state index contributed by atoms with van der Waals surface area (Å²) in [7, 11) is 0. The quantitative estimate of drug-likeness (QED) is 0.278. The van der Waals surface area contributed by atoms with Crippen molar-refractivity contribution in [3.63, 3.8) is 0 Å². The SMILES string of the molecule is CCNC(=NCCNC(=O)c1ccccc1Cl)N1CCc2ccccc2C1.I. The molecule has 0 spiro atoms. The first-order valence-corrected chi connectivity index (χ1v) is 9.69. The molecule has 7 heteroatoms. The van der Waals surface area contributed by atoms with Crippen molar-refractivity contribution in [2.24, 2.45) is 4.99 Å². The first-order chi connectivity index (χ1) is 13.2. The molecule has 0 bridgehead atoms. The van der Waals surface area contributed by atoms with Gasteiger partial charge in [0.25, 0.3) is 5.91 Å². The summed E-state index contributed by atoms with van der Waals surface area (Å²) in [5.74, 6) is 0.715. The fraction of sp³-hybridized carbons (Fsp3) is 0.333. The molecule has 1 heterocycles. The van der Waals surface area contributed by atoms with E-state index in [9.17, 15) is 4.79 Å². The first-order valence-electron chi connectivity index (χ1n) is 9.32. The lowest BCUT2D eigenvalue weighted by atomic mass is 10.0. The highest BCUT2D eigenvalue weighted by Crippen LogP contribution is 2.18. The van der Waals surface area contributed by atoms with Gasteiger partial charge in [-0.3, -0.25) is 9.79 Å². The summed E-state index contributed by atoms with van der Waals surface area (Å²) < 4.78 is 0. The van der Waals surface area contributed by atoms with Crippen molar-refractivity contribution < 1.29 is 4.79 Å². The predicted octanol–water partition coefficient (Wildman–Crippen LogP) is 3.71. The van der Waals surface area contributed by atoms with Gasteiger partial charge in [-0.05, 0) is 36.6 Å². The molecule has 28 heavy (non-hydrogen) atoms. The summed E-state index contributed by atoms with van der Waals surface area (Å²) in [6, 6.07) is 15.6. The second-order valence-corrected chi connectivity index (χ2v) is 6.82. The fourth-order valence-corrected chi connectivity index (χ4v) is 3.40. The second kappa shape index (κ2) is 11.3. The van der Waals surface area contributed by atoms with Crippen molar-refractivity contribution in [2.75, 3.05) is 26.2 Å². The molecular formula is C21H26ClIN4O. The number of rotatable bonds is 5. The number of hydrogen-bond acceptors (Lipinski definition) is 2. The smallest absolute Gasteiger partial charge is 0.252 e. The lowest BCUT2D eigenvalue weighted by molar-refractivity contribution is 0.0955. The third kappa shape index (κ3) is 5.85. The number of amides is 1. The van der Waals surface area contributed by atoms with Gasteiger partial charge in [-0.1, -0.05) is 48.0 Å². The van der Waals surface area contributed by atoms with Crippen LogP contribution in [0.3, 0.4) is 0 Å². The summed E-state index contributed by atoms with van der Waals surface area (Å²) in [5, 5.41) is 6.69. The molecule has 2 aromatic rings. The summed E-state index contributed by atoms with van der Waals surface area (Å²) in [4.78, 5) is 19.2. The number of nitrogens with one attached hydrogen (secondary N) is 2. The van der Waals surface area contributed by atoms with E-state index in [0.29, 0.717) is 23.7 Å². The molecule has 1 aliphatic heterocycles. The number of halogens is 2. The van der Waals surface area contributed by atoms with Gasteiger partial charge in [-0.15, -0.1) is 24.0 Å². The van der Waals surface area contributed by atoms with E-state index in [0.717, 1.165) is 32.0 Å². The van der Waals surface area contributed by atoms with E-state index in [-0.39, 0.29) is 29.9 Å². The molecule has 0 unspecified atom stereocenters. The Kier molecular flexibility index (Phi) is 9.05. The van der Waals surface area contributed by atoms with Crippen molar-refractivity contribution >= 4 is 47.4 Å². The van der Waals surface area contributed by atoms with Gasteiger partial charge in [-0.2, -0.15) is 0 Å². The number of guanidine groups is 1. The fourth-order valence-electron chi connectivity index (χ4n) is 3.17. The Hall–Kier alpha value is -1.80. The summed E-state index contributed by atoms with van der Waals surface area (Å²) in [6.45, 7) is 5.64. The maximum Gasteiger partial charge on any atom is 0.252 e. The Morgan fingerprint density at radius 1 is 1.11 bits per heavy atom. The lowest BCUT2D eigenvalue weighted by Crippen LogP contribution is -2.44. The Morgan fingerprint density at radius 2 is 1.82 bits per heavy atom. The van der Waals surface area contributed by atoms with Crippen molar-refractivity contribution in [2.45, 2.75) is 19.9 Å². The van der Waals surface area contributed by atoms with E-state index in [1.807, 2.05) is 6.07 Å². The molecule has 2 N–H and O–H groups in total. The van der Waals surface area contributed by atoms with E-state index in [1.165, 1.54) is 11.1 Å². The van der Waals surface area contributed by atoms with Crippen LogP contribution in [0.5, 0.6) is 0 Å². The largest absolute Gasteiger partial charge is 0.357 e. The molecule has 150 valence electrons. The number of benzene rings is 2. The van der Waals surface area contributed by atoms with Gasteiger partial charge >= 0.3 is 0 Å². The van der Waals surface area contributed by atoms with Crippen LogP contribution in [0, 0.1) is 0 Å². The van der Waals surface area contributed by atoms with Crippen LogP contribution in [-0.2, 0) is 13.0 Å². The highest BCUT2D eigenvalue weighted by molar-refractivity contribution is 14.0. The van der Waals surface area contributed by atoms with Crippen LogP contribution < -0.4 is 10.6 Å². The molecular weight excluding hydrogens is 487 g/mol. The second-order valence-electron chi connectivity index (χ2n) is 6.41. The molecule has 1 amide bonds. The van der Waals surface area contributed by atoms with Gasteiger partial charge in [-0.25, -0.2) is 0 Å². The van der Waals surface area contributed by atoms with E-state index in [2.05, 4.69) is 51.7 Å². The van der Waals surface area contributed by atoms with Gasteiger partial charge in [0, 0.05) is 26.2 Å². The summed E-state index contributed by atoms with van der Waals surface area (Å²) in [6.07, 6.45) is 1.02. The van der Waals surface area contributed by atoms with Crippen LogP contribution in [-0.4, -0.2) is 42.9 Å². The Bertz CT molecular complexity index is 828. The molecule has 0 aromatic heterocycles. The highest BCUT2D eigenvalue weighted by Gasteiger charge is 2.18. The van der Waals surface area contributed by atoms with Crippen LogP contribution >= 0.6 is 35.6 Å². The van der Waals surface area contributed by atoms with E-state index < -0.39 is 0 Å². The molecule has 3 rings (SSSR count). The Labute approximate surface area is 188 Å². The molecule has 0 saturated heterocycles. The van der Waals surface area contributed by atoms with Crippen molar-refractivity contribution in [1.29, 1.82) is 0 Å². The average molecular weight is 513 g/mol. The number of nitrogens with zero attached hydrogens (tertiary/aromatic N) is 2. The maximum atomic E-state index is 12.2. The Morgan fingerprint density at radius 3 is 2.57 bits per heavy atom. The first kappa shape index (κ1) is 22.5. The minimum Gasteiger partial charge on any atom is -0.357 e. The third-order valence-corrected chi connectivity index (χ3v) is 4.87. The van der Waals surface area contributed by atoms with Gasteiger partial charge in [0.1, 0.15) is 0 Å². The predicted molar refractivity (Wildman–Crippen MR) is 126 cm³/mol. The standard InChI is InChI=1S/C21H25ClN4O.HI/c1-2-23-21(26-14-11-16-7-3-4-8-17(16)15-26)25-13-12-24-20(27)18-9-5-6-10-19(18)22;/h3-10H,2,11-15H2,1H3,(H,23,25)(H,24,27);1H. The number of hydrogen-bond donors (Lipinski definition) is 2. The molecule has 0 atom stereocenters. The normalized spacial score (nSPS) is 13.4. The monoisotopic (exact) mass is 512 g/mol. The molecule has 1 aliphatic rings. The van der Waals surface area contributed by atoms with Crippen LogP contribution in [0.1, 0.15) is 28.4 Å². The van der Waals surface area contributed by atoms with E-state index in [1.54, 1.807) is 18.2 Å². The summed E-state index contributed by atoms with van der Waals surface area (Å²) in [5.41, 5.74) is 3.25. The van der Waals surface area contributed by atoms with Crippen LogP contribution in [0.2, 0.25) is 5.02 Å². The maximum absolute atomic E-state index is 12.2. The Balaban J connectivity index is 0.00000280. The molecule has 0 saturated carbocycles. The number of carbonyl (C=O) groups is 1. The number of aliphatic imine (C=N–C) groups is 1. The molecule has 5 nitrogen and oxygen atoms in total. The minimum absolute atomic E-state index is 0. The zero-order valence-corrected chi connectivity index (χ0v) is 19.0. The lowest BCUT2D eigenvalue weighted by Gasteiger charge is -2.31. The van der Waals surface area contributed by atoms with Crippen molar-refractivity contribution in [1.82, 2.24) is 15.5 Å². The zero-order valence-electron chi connectivity index (χ0n) is 16.0. The van der Waals surface area contributed by atoms with Crippen LogP contribution in [0.15, 0.2) is 53.5 Å². The van der Waals surface area contributed by atoms with Crippen LogP contribution in [0.4, 0.5) is 0 Å². The van der Waals surface area contributed by atoms with Gasteiger partial charge in [0.15, 0.2) is 5.96 Å². The van der Waals surface area contributed by atoms with Gasteiger partial charge in [0.2, 0.25) is 0 Å². The van der Waals surface area contributed by atoms with Crippen molar-refractivity contribution in [3.05, 3.63) is 70.2 Å². The third-order valence-electron chi connectivity index (χ3n) is 4.54. The summed E-state index contributed by atoms with van der Waals surface area (Å²) >= 11 is 6.06. The average Bonchev–Trinajstić information content (AvgIpc) is 2.70. The molecule has 0 fully saturated rings. The van der Waals surface area contributed by atoms with Crippen molar-refractivity contribution in [3.8, 4) is 0 Å².